The van der Waals surface area contributed by atoms with Crippen LogP contribution < -0.4 is 15.4 Å². The summed E-state index contributed by atoms with van der Waals surface area (Å²) in [6, 6.07) is 3.70. The van der Waals surface area contributed by atoms with Crippen LogP contribution in [-0.2, 0) is 0 Å². The second-order valence-electron chi connectivity index (χ2n) is 5.50. The van der Waals surface area contributed by atoms with Crippen LogP contribution in [0.3, 0.4) is 0 Å². The SMILES string of the molecule is CCC(C)Nc1ncc(C(=O)Nc2cc(C)c(Cl)cc2OC)cn1. The summed E-state index contributed by atoms with van der Waals surface area (Å²) in [5.41, 5.74) is 1.75. The predicted octanol–water partition coefficient (Wildman–Crippen LogP) is 3.91. The van der Waals surface area contributed by atoms with E-state index in [9.17, 15) is 4.79 Å². The van der Waals surface area contributed by atoms with E-state index in [0.717, 1.165) is 12.0 Å². The molecule has 1 heterocycles. The Morgan fingerprint density at radius 3 is 2.58 bits per heavy atom. The molecule has 0 fully saturated rings. The average Bonchev–Trinajstić information content (AvgIpc) is 2.58. The molecule has 0 spiro atoms. The molecule has 0 aliphatic rings. The normalized spacial score (nSPS) is 11.7. The number of benzene rings is 1. The Balaban J connectivity index is 2.14. The van der Waals surface area contributed by atoms with E-state index in [1.807, 2.05) is 13.8 Å². The number of aryl methyl sites for hydroxylation is 1. The Morgan fingerprint density at radius 1 is 1.33 bits per heavy atom. The van der Waals surface area contributed by atoms with Gasteiger partial charge in [-0.15, -0.1) is 0 Å². The van der Waals surface area contributed by atoms with E-state index in [-0.39, 0.29) is 11.9 Å². The van der Waals surface area contributed by atoms with Gasteiger partial charge in [0, 0.05) is 29.5 Å². The van der Waals surface area contributed by atoms with E-state index in [4.69, 9.17) is 16.3 Å². The fourth-order valence-corrected chi connectivity index (χ4v) is 2.12. The van der Waals surface area contributed by atoms with Gasteiger partial charge in [0.15, 0.2) is 0 Å². The van der Waals surface area contributed by atoms with Crippen molar-refractivity contribution in [2.75, 3.05) is 17.7 Å². The zero-order valence-electron chi connectivity index (χ0n) is 14.2. The number of aromatic nitrogens is 2. The van der Waals surface area contributed by atoms with Crippen molar-refractivity contribution in [3.8, 4) is 5.75 Å². The first-order valence-corrected chi connectivity index (χ1v) is 8.06. The van der Waals surface area contributed by atoms with E-state index in [2.05, 4.69) is 27.5 Å². The maximum atomic E-state index is 12.4. The first-order valence-electron chi connectivity index (χ1n) is 7.68. The van der Waals surface area contributed by atoms with Gasteiger partial charge in [-0.05, 0) is 31.9 Å². The molecule has 0 saturated heterocycles. The summed E-state index contributed by atoms with van der Waals surface area (Å²) in [7, 11) is 1.52. The van der Waals surface area contributed by atoms with Gasteiger partial charge in [0.25, 0.3) is 5.91 Å². The van der Waals surface area contributed by atoms with Crippen LogP contribution in [0, 0.1) is 6.92 Å². The van der Waals surface area contributed by atoms with Crippen molar-refractivity contribution in [3.63, 3.8) is 0 Å². The number of rotatable bonds is 6. The Hall–Kier alpha value is -2.34. The minimum atomic E-state index is -0.315. The lowest BCUT2D eigenvalue weighted by Crippen LogP contribution is -2.17. The Morgan fingerprint density at radius 2 is 2.00 bits per heavy atom. The second kappa shape index (κ2) is 7.97. The van der Waals surface area contributed by atoms with Crippen molar-refractivity contribution >= 4 is 29.1 Å². The van der Waals surface area contributed by atoms with Crippen LogP contribution in [0.25, 0.3) is 0 Å². The minimum Gasteiger partial charge on any atom is -0.495 e. The number of carbonyl (C=O) groups is 1. The smallest absolute Gasteiger partial charge is 0.258 e. The molecule has 0 aliphatic carbocycles. The van der Waals surface area contributed by atoms with Gasteiger partial charge >= 0.3 is 0 Å². The summed E-state index contributed by atoms with van der Waals surface area (Å²) < 4.78 is 5.25. The van der Waals surface area contributed by atoms with Gasteiger partial charge in [-0.25, -0.2) is 9.97 Å². The molecule has 2 N–H and O–H groups in total. The molecule has 2 rings (SSSR count). The number of halogens is 1. The molecule has 1 atom stereocenters. The summed E-state index contributed by atoms with van der Waals surface area (Å²) in [5.74, 6) is 0.681. The largest absolute Gasteiger partial charge is 0.495 e. The van der Waals surface area contributed by atoms with Crippen molar-refractivity contribution in [2.45, 2.75) is 33.2 Å². The molecule has 0 saturated carbocycles. The van der Waals surface area contributed by atoms with Crippen LogP contribution in [0.1, 0.15) is 36.2 Å². The number of nitrogens with one attached hydrogen (secondary N) is 2. The number of ether oxygens (including phenoxy) is 1. The average molecular weight is 349 g/mol. The molecule has 7 heteroatoms. The second-order valence-corrected chi connectivity index (χ2v) is 5.91. The van der Waals surface area contributed by atoms with Crippen molar-refractivity contribution in [3.05, 3.63) is 40.7 Å². The van der Waals surface area contributed by atoms with Crippen LogP contribution in [0.2, 0.25) is 5.02 Å². The van der Waals surface area contributed by atoms with Crippen LogP contribution >= 0.6 is 11.6 Å². The Bertz CT molecular complexity index is 719. The molecule has 1 amide bonds. The van der Waals surface area contributed by atoms with E-state index < -0.39 is 0 Å². The van der Waals surface area contributed by atoms with Crippen LogP contribution in [-0.4, -0.2) is 29.0 Å². The summed E-state index contributed by atoms with van der Waals surface area (Å²) in [6.07, 6.45) is 3.94. The van der Waals surface area contributed by atoms with Crippen molar-refractivity contribution < 1.29 is 9.53 Å². The topological polar surface area (TPSA) is 76.1 Å². The zero-order chi connectivity index (χ0) is 17.7. The number of hydrogen-bond donors (Lipinski definition) is 2. The molecular formula is C17H21ClN4O2. The fourth-order valence-electron chi connectivity index (χ4n) is 1.97. The van der Waals surface area contributed by atoms with Crippen LogP contribution in [0.15, 0.2) is 24.5 Å². The van der Waals surface area contributed by atoms with E-state index in [1.54, 1.807) is 12.1 Å². The fraction of sp³-hybridized carbons (Fsp3) is 0.353. The predicted molar refractivity (Wildman–Crippen MR) is 96.1 cm³/mol. The lowest BCUT2D eigenvalue weighted by atomic mass is 10.2. The molecule has 0 bridgehead atoms. The minimum absolute atomic E-state index is 0.269. The summed E-state index contributed by atoms with van der Waals surface area (Å²) in [6.45, 7) is 5.97. The molecule has 1 unspecified atom stereocenters. The van der Waals surface area contributed by atoms with Gasteiger partial charge in [-0.3, -0.25) is 4.79 Å². The van der Waals surface area contributed by atoms with Gasteiger partial charge in [0.2, 0.25) is 5.95 Å². The molecule has 0 radical (unpaired) electrons. The zero-order valence-corrected chi connectivity index (χ0v) is 14.9. The maximum Gasteiger partial charge on any atom is 0.258 e. The first-order chi connectivity index (χ1) is 11.4. The first kappa shape index (κ1) is 18.0. The third kappa shape index (κ3) is 4.35. The van der Waals surface area contributed by atoms with Crippen LogP contribution in [0.4, 0.5) is 11.6 Å². The number of methoxy groups -OCH3 is 1. The number of hydrogen-bond acceptors (Lipinski definition) is 5. The Kier molecular flexibility index (Phi) is 5.98. The maximum absolute atomic E-state index is 12.4. The van der Waals surface area contributed by atoms with E-state index >= 15 is 0 Å². The highest BCUT2D eigenvalue weighted by molar-refractivity contribution is 6.31. The van der Waals surface area contributed by atoms with E-state index in [1.165, 1.54) is 19.5 Å². The Labute approximate surface area is 146 Å². The highest BCUT2D eigenvalue weighted by atomic mass is 35.5. The van der Waals surface area contributed by atoms with Gasteiger partial charge in [-0.2, -0.15) is 0 Å². The molecule has 1 aromatic carbocycles. The highest BCUT2D eigenvalue weighted by Crippen LogP contribution is 2.31. The third-order valence-electron chi connectivity index (χ3n) is 3.63. The lowest BCUT2D eigenvalue weighted by molar-refractivity contribution is 0.102. The molecule has 1 aromatic heterocycles. The van der Waals surface area contributed by atoms with Gasteiger partial charge in [0.1, 0.15) is 5.75 Å². The quantitative estimate of drug-likeness (QED) is 0.827. The van der Waals surface area contributed by atoms with Crippen molar-refractivity contribution in [1.82, 2.24) is 9.97 Å². The van der Waals surface area contributed by atoms with Crippen molar-refractivity contribution in [1.29, 1.82) is 0 Å². The molecule has 128 valence electrons. The summed E-state index contributed by atoms with van der Waals surface area (Å²) in [5, 5.41) is 6.52. The summed E-state index contributed by atoms with van der Waals surface area (Å²) in [4.78, 5) is 20.7. The molecule has 24 heavy (non-hydrogen) atoms. The number of anilines is 2. The molecule has 0 aliphatic heterocycles. The molecule has 6 nitrogen and oxygen atoms in total. The van der Waals surface area contributed by atoms with Gasteiger partial charge in [-0.1, -0.05) is 18.5 Å². The molecular weight excluding hydrogens is 328 g/mol. The monoisotopic (exact) mass is 348 g/mol. The summed E-state index contributed by atoms with van der Waals surface area (Å²) >= 11 is 6.07. The van der Waals surface area contributed by atoms with E-state index in [0.29, 0.717) is 28.0 Å². The number of carbonyl (C=O) groups excluding carboxylic acids is 1. The lowest BCUT2D eigenvalue weighted by Gasteiger charge is -2.13. The molecule has 2 aromatic rings. The van der Waals surface area contributed by atoms with Gasteiger partial charge in [0.05, 0.1) is 18.4 Å². The third-order valence-corrected chi connectivity index (χ3v) is 4.04. The number of amides is 1. The number of nitrogens with zero attached hydrogens (tertiary/aromatic N) is 2. The van der Waals surface area contributed by atoms with Crippen LogP contribution in [0.5, 0.6) is 5.75 Å². The highest BCUT2D eigenvalue weighted by Gasteiger charge is 2.13. The van der Waals surface area contributed by atoms with Gasteiger partial charge < -0.3 is 15.4 Å². The van der Waals surface area contributed by atoms with Crippen molar-refractivity contribution in [2.24, 2.45) is 0 Å². The standard InChI is InChI=1S/C17H21ClN4O2/c1-5-11(3)21-17-19-8-12(9-20-17)16(23)22-14-6-10(2)13(18)7-15(14)24-4/h6-9,11H,5H2,1-4H3,(H,22,23)(H,19,20,21).